The van der Waals surface area contributed by atoms with E-state index in [2.05, 4.69) is 16.6 Å². The van der Waals surface area contributed by atoms with E-state index in [1.54, 1.807) is 0 Å². The molecule has 2 unspecified atom stereocenters. The minimum atomic E-state index is 0.325. The van der Waals surface area contributed by atoms with E-state index in [1.807, 2.05) is 6.92 Å². The molecule has 84 valence electrons. The van der Waals surface area contributed by atoms with Crippen molar-refractivity contribution in [2.75, 3.05) is 17.7 Å². The highest BCUT2D eigenvalue weighted by molar-refractivity contribution is 7.10. The lowest BCUT2D eigenvalue weighted by atomic mass is 10.1. The van der Waals surface area contributed by atoms with Crippen molar-refractivity contribution in [1.82, 2.24) is 4.37 Å². The number of aromatic nitrogens is 1. The molecule has 0 bridgehead atoms. The predicted molar refractivity (Wildman–Crippen MR) is 63.3 cm³/mol. The van der Waals surface area contributed by atoms with Crippen LogP contribution in [0.2, 0.25) is 0 Å². The van der Waals surface area contributed by atoms with Gasteiger partial charge < -0.3 is 15.8 Å². The van der Waals surface area contributed by atoms with Gasteiger partial charge in [0.25, 0.3) is 0 Å². The summed E-state index contributed by atoms with van der Waals surface area (Å²) in [6.07, 6.45) is 2.63. The van der Waals surface area contributed by atoms with Crippen LogP contribution in [0.3, 0.4) is 0 Å². The first-order chi connectivity index (χ1) is 7.18. The number of hydrogen-bond acceptors (Lipinski definition) is 5. The molecule has 0 spiro atoms. The number of nitrogens with two attached hydrogens (primary N) is 1. The molecule has 1 aliphatic heterocycles. The van der Waals surface area contributed by atoms with Gasteiger partial charge in [-0.1, -0.05) is 0 Å². The summed E-state index contributed by atoms with van der Waals surface area (Å²) in [7, 11) is 0. The fourth-order valence-electron chi connectivity index (χ4n) is 1.78. The molecule has 0 saturated carbocycles. The summed E-state index contributed by atoms with van der Waals surface area (Å²) in [5, 5.41) is 4.49. The van der Waals surface area contributed by atoms with Crippen LogP contribution < -0.4 is 11.1 Å². The molecule has 0 radical (unpaired) electrons. The van der Waals surface area contributed by atoms with E-state index in [0.717, 1.165) is 23.6 Å². The van der Waals surface area contributed by atoms with Crippen LogP contribution in [0.5, 0.6) is 0 Å². The summed E-state index contributed by atoms with van der Waals surface area (Å²) >= 11 is 1.42. The molecule has 0 aliphatic carbocycles. The van der Waals surface area contributed by atoms with E-state index in [1.165, 1.54) is 18.0 Å². The van der Waals surface area contributed by atoms with E-state index in [0.29, 0.717) is 18.0 Å². The molecule has 1 aromatic heterocycles. The zero-order chi connectivity index (χ0) is 10.8. The summed E-state index contributed by atoms with van der Waals surface area (Å²) in [5.74, 6) is 0.627. The summed E-state index contributed by atoms with van der Waals surface area (Å²) in [6, 6.07) is 0.325. The van der Waals surface area contributed by atoms with Gasteiger partial charge in [-0.05, 0) is 38.2 Å². The van der Waals surface area contributed by atoms with Gasteiger partial charge in [0, 0.05) is 12.2 Å². The Bertz CT molecular complexity index is 333. The molecule has 1 aromatic rings. The van der Waals surface area contributed by atoms with E-state index in [4.69, 9.17) is 10.5 Å². The Labute approximate surface area is 94.0 Å². The molecule has 15 heavy (non-hydrogen) atoms. The summed E-state index contributed by atoms with van der Waals surface area (Å²) in [4.78, 5) is 0. The first kappa shape index (κ1) is 10.7. The lowest BCUT2D eigenvalue weighted by Crippen LogP contribution is -2.29. The van der Waals surface area contributed by atoms with Crippen LogP contribution in [0.15, 0.2) is 0 Å². The number of ether oxygens (including phenoxy) is 1. The van der Waals surface area contributed by atoms with Crippen molar-refractivity contribution in [3.8, 4) is 0 Å². The van der Waals surface area contributed by atoms with Crippen LogP contribution in [-0.2, 0) is 4.74 Å². The molecule has 5 heteroatoms. The van der Waals surface area contributed by atoms with Crippen molar-refractivity contribution in [2.24, 2.45) is 0 Å². The van der Waals surface area contributed by atoms with Gasteiger partial charge in [-0.15, -0.1) is 0 Å². The van der Waals surface area contributed by atoms with Crippen LogP contribution in [0, 0.1) is 6.92 Å². The van der Waals surface area contributed by atoms with Crippen molar-refractivity contribution < 1.29 is 4.74 Å². The van der Waals surface area contributed by atoms with Gasteiger partial charge in [0.1, 0.15) is 10.8 Å². The van der Waals surface area contributed by atoms with Crippen molar-refractivity contribution in [3.63, 3.8) is 0 Å². The Kier molecular flexibility index (Phi) is 3.11. The maximum atomic E-state index is 5.70. The van der Waals surface area contributed by atoms with Crippen LogP contribution >= 0.6 is 11.5 Å². The van der Waals surface area contributed by atoms with Crippen LogP contribution in [-0.4, -0.2) is 23.1 Å². The standard InChI is InChI=1S/C10H17N3OS/c1-6-9(11)13-15-10(6)12-7(2)8-4-3-5-14-8/h7-8,12H,3-5H2,1-2H3,(H2,11,13). The topological polar surface area (TPSA) is 60.2 Å². The number of nitrogens with zero attached hydrogens (tertiary/aromatic N) is 1. The highest BCUT2D eigenvalue weighted by Gasteiger charge is 2.23. The van der Waals surface area contributed by atoms with Crippen molar-refractivity contribution >= 4 is 22.4 Å². The molecule has 0 aromatic carbocycles. The number of anilines is 2. The number of hydrogen-bond donors (Lipinski definition) is 2. The first-order valence-corrected chi connectivity index (χ1v) is 6.05. The molecule has 3 N–H and O–H groups in total. The fourth-order valence-corrected chi connectivity index (χ4v) is 2.59. The molecule has 4 nitrogen and oxygen atoms in total. The Morgan fingerprint density at radius 2 is 2.47 bits per heavy atom. The Morgan fingerprint density at radius 3 is 3.00 bits per heavy atom. The molecule has 1 saturated heterocycles. The van der Waals surface area contributed by atoms with Gasteiger partial charge in [-0.2, -0.15) is 4.37 Å². The predicted octanol–water partition coefficient (Wildman–Crippen LogP) is 2.01. The smallest absolute Gasteiger partial charge is 0.142 e. The maximum absolute atomic E-state index is 5.70. The third-order valence-electron chi connectivity index (χ3n) is 2.84. The SMILES string of the molecule is Cc1c(N)nsc1NC(C)C1CCCO1. The second-order valence-electron chi connectivity index (χ2n) is 4.01. The molecular formula is C10H17N3OS. The second kappa shape index (κ2) is 4.37. The average Bonchev–Trinajstić information content (AvgIpc) is 2.83. The molecule has 1 aliphatic rings. The quantitative estimate of drug-likeness (QED) is 0.829. The van der Waals surface area contributed by atoms with E-state index in [9.17, 15) is 0 Å². The monoisotopic (exact) mass is 227 g/mol. The third kappa shape index (κ3) is 2.23. The summed E-state index contributed by atoms with van der Waals surface area (Å²) in [5.41, 5.74) is 6.74. The lowest BCUT2D eigenvalue weighted by Gasteiger charge is -2.20. The Morgan fingerprint density at radius 1 is 1.67 bits per heavy atom. The second-order valence-corrected chi connectivity index (χ2v) is 4.78. The maximum Gasteiger partial charge on any atom is 0.142 e. The van der Waals surface area contributed by atoms with Crippen molar-refractivity contribution in [3.05, 3.63) is 5.56 Å². The van der Waals surface area contributed by atoms with Crippen LogP contribution in [0.1, 0.15) is 25.3 Å². The normalized spacial score (nSPS) is 22.9. The Balaban J connectivity index is 1.98. The van der Waals surface area contributed by atoms with E-state index < -0.39 is 0 Å². The summed E-state index contributed by atoms with van der Waals surface area (Å²) in [6.45, 7) is 5.02. The molecule has 0 amide bonds. The molecular weight excluding hydrogens is 210 g/mol. The van der Waals surface area contributed by atoms with E-state index in [-0.39, 0.29) is 0 Å². The van der Waals surface area contributed by atoms with Gasteiger partial charge in [0.15, 0.2) is 0 Å². The lowest BCUT2D eigenvalue weighted by molar-refractivity contribution is 0.0997. The number of nitrogens with one attached hydrogen (secondary N) is 1. The van der Waals surface area contributed by atoms with Gasteiger partial charge in [0.2, 0.25) is 0 Å². The van der Waals surface area contributed by atoms with Gasteiger partial charge in [-0.25, -0.2) is 0 Å². The van der Waals surface area contributed by atoms with Gasteiger partial charge in [0.05, 0.1) is 12.1 Å². The molecule has 1 fully saturated rings. The zero-order valence-corrected chi connectivity index (χ0v) is 9.93. The minimum absolute atomic E-state index is 0.325. The summed E-state index contributed by atoms with van der Waals surface area (Å²) < 4.78 is 9.74. The van der Waals surface area contributed by atoms with Crippen LogP contribution in [0.25, 0.3) is 0 Å². The molecule has 2 heterocycles. The fraction of sp³-hybridized carbons (Fsp3) is 0.700. The van der Waals surface area contributed by atoms with Gasteiger partial charge in [-0.3, -0.25) is 0 Å². The first-order valence-electron chi connectivity index (χ1n) is 5.28. The molecule has 2 atom stereocenters. The number of rotatable bonds is 3. The number of nitrogen functional groups attached to an aromatic ring is 1. The highest BCUT2D eigenvalue weighted by Crippen LogP contribution is 2.27. The minimum Gasteiger partial charge on any atom is -0.383 e. The highest BCUT2D eigenvalue weighted by atomic mass is 32.1. The van der Waals surface area contributed by atoms with Gasteiger partial charge >= 0.3 is 0 Å². The zero-order valence-electron chi connectivity index (χ0n) is 9.12. The van der Waals surface area contributed by atoms with E-state index >= 15 is 0 Å². The third-order valence-corrected chi connectivity index (χ3v) is 3.74. The van der Waals surface area contributed by atoms with Crippen LogP contribution in [0.4, 0.5) is 10.8 Å². The van der Waals surface area contributed by atoms with Crippen molar-refractivity contribution in [2.45, 2.75) is 38.8 Å². The van der Waals surface area contributed by atoms with Crippen molar-refractivity contribution in [1.29, 1.82) is 0 Å². The Hall–Kier alpha value is -0.810. The average molecular weight is 227 g/mol. The largest absolute Gasteiger partial charge is 0.383 e. The molecule has 2 rings (SSSR count).